The average Bonchev–Trinajstić information content (AvgIpc) is 1.61. The van der Waals surface area contributed by atoms with Crippen molar-refractivity contribution in [3.05, 3.63) is 0 Å². The molecule has 2 N–H and O–H groups in total. The molecule has 0 amide bonds. The molecule has 0 aromatic heterocycles. The van der Waals surface area contributed by atoms with Crippen LogP contribution in [-0.2, 0) is 16.8 Å². The van der Waals surface area contributed by atoms with E-state index in [1.807, 2.05) is 0 Å². The topological polar surface area (TPSA) is 24.1 Å². The van der Waals surface area contributed by atoms with Gasteiger partial charge in [-0.05, 0) is 23.6 Å². The van der Waals surface area contributed by atoms with Crippen molar-refractivity contribution in [2.45, 2.75) is 0 Å². The van der Waals surface area contributed by atoms with Gasteiger partial charge in [0.25, 0.3) is 0 Å². The van der Waals surface area contributed by atoms with E-state index in [2.05, 4.69) is 9.67 Å². The number of hydrogen-bond donors (Lipinski definition) is 2. The molecule has 1 radical (unpaired) electrons. The fraction of sp³-hybridized carbons (Fsp3) is 1.00. The molecule has 5 heteroatoms. The van der Waals surface area contributed by atoms with E-state index in [0.717, 1.165) is 0 Å². The van der Waals surface area contributed by atoms with Gasteiger partial charge in [-0.2, -0.15) is 0 Å². The van der Waals surface area contributed by atoms with Gasteiger partial charge >= 0.3 is 0 Å². The molecule has 7 heavy (non-hydrogen) atoms. The zero-order chi connectivity index (χ0) is 4.83. The molecule has 0 heterocycles. The summed E-state index contributed by atoms with van der Waals surface area (Å²) in [5.74, 6) is 0. The first-order chi connectivity index (χ1) is 2.91. The molecule has 0 spiro atoms. The van der Waals surface area contributed by atoms with E-state index < -0.39 is 0 Å². The standard InChI is InChI=1S/C2H6Cl2N2.Co/c3-5-1-2-6-4;/h5-6H,1-2H2;. The van der Waals surface area contributed by atoms with E-state index >= 15 is 0 Å². The molecule has 0 bridgehead atoms. The second-order valence-electron chi connectivity index (χ2n) is 0.767. The third-order valence-corrected chi connectivity index (χ3v) is 0.692. The summed E-state index contributed by atoms with van der Waals surface area (Å²) in [5, 5.41) is 0. The van der Waals surface area contributed by atoms with Gasteiger partial charge in [-0.25, -0.2) is 9.67 Å². The van der Waals surface area contributed by atoms with E-state index in [-0.39, 0.29) is 16.8 Å². The molecule has 0 saturated carbocycles. The molecule has 0 unspecified atom stereocenters. The van der Waals surface area contributed by atoms with Crippen LogP contribution in [0.15, 0.2) is 0 Å². The van der Waals surface area contributed by atoms with E-state index in [1.165, 1.54) is 0 Å². The van der Waals surface area contributed by atoms with Crippen LogP contribution in [0.25, 0.3) is 0 Å². The van der Waals surface area contributed by atoms with Gasteiger partial charge in [0, 0.05) is 29.9 Å². The predicted octanol–water partition coefficient (Wildman–Crippen LogP) is 0.471. The van der Waals surface area contributed by atoms with Crippen LogP contribution in [0.5, 0.6) is 0 Å². The first kappa shape index (κ1) is 10.9. The molecular formula is C2H6Cl2CoN2. The molecule has 0 aliphatic carbocycles. The van der Waals surface area contributed by atoms with Crippen LogP contribution < -0.4 is 9.67 Å². The molecule has 0 rings (SSSR count). The summed E-state index contributed by atoms with van der Waals surface area (Å²) in [6.07, 6.45) is 0. The fourth-order valence-electron chi connectivity index (χ4n) is 0.0945. The summed E-state index contributed by atoms with van der Waals surface area (Å²) < 4.78 is 0. The van der Waals surface area contributed by atoms with E-state index in [9.17, 15) is 0 Å². The molecule has 0 saturated heterocycles. The van der Waals surface area contributed by atoms with Crippen LogP contribution in [-0.4, -0.2) is 13.1 Å². The van der Waals surface area contributed by atoms with E-state index in [1.54, 1.807) is 0 Å². The maximum atomic E-state index is 5.03. The zero-order valence-corrected chi connectivity index (χ0v) is 6.06. The Morgan fingerprint density at radius 3 is 1.43 bits per heavy atom. The van der Waals surface area contributed by atoms with Crippen molar-refractivity contribution in [1.82, 2.24) is 9.67 Å². The number of nitrogens with one attached hydrogen (secondary N) is 2. The Labute approximate surface area is 63.4 Å². The van der Waals surface area contributed by atoms with Crippen LogP contribution in [0.2, 0.25) is 0 Å². The van der Waals surface area contributed by atoms with E-state index in [4.69, 9.17) is 23.6 Å². The Hall–Kier alpha value is 1.01. The molecular weight excluding hydrogens is 182 g/mol. The summed E-state index contributed by atoms with van der Waals surface area (Å²) in [6, 6.07) is 0. The van der Waals surface area contributed by atoms with Crippen molar-refractivity contribution in [3.8, 4) is 0 Å². The third kappa shape index (κ3) is 10.9. The first-order valence-electron chi connectivity index (χ1n) is 1.59. The molecule has 0 fully saturated rings. The fourth-order valence-corrected chi connectivity index (χ4v) is 0.283. The molecule has 0 aromatic rings. The Balaban J connectivity index is 0. The minimum atomic E-state index is 0. The first-order valence-corrected chi connectivity index (χ1v) is 2.34. The van der Waals surface area contributed by atoms with Gasteiger partial charge in [0.05, 0.1) is 0 Å². The minimum Gasteiger partial charge on any atom is -0.232 e. The third-order valence-electron chi connectivity index (χ3n) is 0.314. The molecule has 0 aliphatic rings. The Morgan fingerprint density at radius 2 is 1.29 bits per heavy atom. The van der Waals surface area contributed by atoms with Crippen molar-refractivity contribution >= 4 is 23.6 Å². The number of halogens is 2. The largest absolute Gasteiger partial charge is 0.232 e. The van der Waals surface area contributed by atoms with Gasteiger partial charge in [-0.15, -0.1) is 0 Å². The number of rotatable bonds is 3. The second kappa shape index (κ2) is 10.1. The van der Waals surface area contributed by atoms with Gasteiger partial charge in [0.1, 0.15) is 0 Å². The normalized spacial score (nSPS) is 7.71. The van der Waals surface area contributed by atoms with E-state index in [0.29, 0.717) is 13.1 Å². The Morgan fingerprint density at radius 1 is 1.00 bits per heavy atom. The SMILES string of the molecule is ClNCCNCl.[Co]. The van der Waals surface area contributed by atoms with Crippen molar-refractivity contribution in [1.29, 1.82) is 0 Å². The van der Waals surface area contributed by atoms with Gasteiger partial charge < -0.3 is 0 Å². The van der Waals surface area contributed by atoms with Gasteiger partial charge in [-0.1, -0.05) is 0 Å². The summed E-state index contributed by atoms with van der Waals surface area (Å²) in [5.41, 5.74) is 0. The molecule has 47 valence electrons. The van der Waals surface area contributed by atoms with Gasteiger partial charge in [0.15, 0.2) is 0 Å². The summed E-state index contributed by atoms with van der Waals surface area (Å²) in [6.45, 7) is 1.37. The van der Waals surface area contributed by atoms with Crippen LogP contribution in [0.1, 0.15) is 0 Å². The number of hydrogen-bond acceptors (Lipinski definition) is 2. The molecule has 0 atom stereocenters. The monoisotopic (exact) mass is 187 g/mol. The minimum absolute atomic E-state index is 0. The van der Waals surface area contributed by atoms with Gasteiger partial charge in [0.2, 0.25) is 0 Å². The van der Waals surface area contributed by atoms with Gasteiger partial charge in [-0.3, -0.25) is 0 Å². The Bertz CT molecular complexity index is 25.7. The predicted molar refractivity (Wildman–Crippen MR) is 27.7 cm³/mol. The summed E-state index contributed by atoms with van der Waals surface area (Å²) in [4.78, 5) is 4.79. The van der Waals surface area contributed by atoms with Crippen LogP contribution in [0.4, 0.5) is 0 Å². The average molecular weight is 188 g/mol. The second-order valence-corrected chi connectivity index (χ2v) is 1.30. The van der Waals surface area contributed by atoms with Crippen molar-refractivity contribution in [2.75, 3.05) is 13.1 Å². The van der Waals surface area contributed by atoms with Crippen LogP contribution in [0, 0.1) is 0 Å². The molecule has 0 aliphatic heterocycles. The maximum Gasteiger partial charge on any atom is 0.0246 e. The van der Waals surface area contributed by atoms with Crippen LogP contribution >= 0.6 is 23.6 Å². The van der Waals surface area contributed by atoms with Crippen molar-refractivity contribution in [2.24, 2.45) is 0 Å². The quantitative estimate of drug-likeness (QED) is 0.496. The van der Waals surface area contributed by atoms with Crippen molar-refractivity contribution in [3.63, 3.8) is 0 Å². The Kier molecular flexibility index (Phi) is 15.7. The zero-order valence-electron chi connectivity index (χ0n) is 3.50. The van der Waals surface area contributed by atoms with Crippen LogP contribution in [0.3, 0.4) is 0 Å². The molecule has 2 nitrogen and oxygen atoms in total. The van der Waals surface area contributed by atoms with Crippen molar-refractivity contribution < 1.29 is 16.8 Å². The molecule has 0 aromatic carbocycles. The maximum absolute atomic E-state index is 5.03. The summed E-state index contributed by atoms with van der Waals surface area (Å²) in [7, 11) is 0. The smallest absolute Gasteiger partial charge is 0.0246 e. The summed E-state index contributed by atoms with van der Waals surface area (Å²) >= 11 is 10.1.